The molecule has 0 spiro atoms. The summed E-state index contributed by atoms with van der Waals surface area (Å²) in [5.74, 6) is 0.840. The Balaban J connectivity index is 2.40. The second-order valence-electron chi connectivity index (χ2n) is 4.82. The van der Waals surface area contributed by atoms with Crippen LogP contribution in [-0.4, -0.2) is 29.8 Å². The summed E-state index contributed by atoms with van der Waals surface area (Å²) < 4.78 is 5.23. The molecule has 0 bridgehead atoms. The van der Waals surface area contributed by atoms with E-state index < -0.39 is 0 Å². The van der Waals surface area contributed by atoms with Crippen LogP contribution in [0.15, 0.2) is 22.8 Å². The van der Waals surface area contributed by atoms with Crippen LogP contribution in [0.4, 0.5) is 0 Å². The molecular formula is C15H24N2O3. The van der Waals surface area contributed by atoms with Crippen molar-refractivity contribution in [3.8, 4) is 0 Å². The first-order chi connectivity index (χ1) is 9.58. The van der Waals surface area contributed by atoms with Crippen LogP contribution in [0.25, 0.3) is 0 Å². The molecule has 0 radical (unpaired) electrons. The molecule has 112 valence electrons. The topological polar surface area (TPSA) is 62.6 Å². The lowest BCUT2D eigenvalue weighted by atomic mass is 10.0. The van der Waals surface area contributed by atoms with E-state index in [4.69, 9.17) is 4.42 Å². The Hall–Kier alpha value is -1.78. The first kappa shape index (κ1) is 16.3. The highest BCUT2D eigenvalue weighted by Crippen LogP contribution is 2.07. The molecule has 1 heterocycles. The summed E-state index contributed by atoms with van der Waals surface area (Å²) >= 11 is 0. The van der Waals surface area contributed by atoms with Gasteiger partial charge in [0.2, 0.25) is 11.8 Å². The van der Waals surface area contributed by atoms with E-state index in [0.29, 0.717) is 19.6 Å². The molecule has 2 amide bonds. The molecule has 0 fully saturated rings. The summed E-state index contributed by atoms with van der Waals surface area (Å²) in [5.41, 5.74) is 0. The lowest BCUT2D eigenvalue weighted by molar-refractivity contribution is -0.130. The van der Waals surface area contributed by atoms with Crippen molar-refractivity contribution in [3.63, 3.8) is 0 Å². The smallest absolute Gasteiger partial charge is 0.223 e. The van der Waals surface area contributed by atoms with Gasteiger partial charge in [-0.1, -0.05) is 13.8 Å². The monoisotopic (exact) mass is 280 g/mol. The van der Waals surface area contributed by atoms with Gasteiger partial charge < -0.3 is 14.6 Å². The predicted molar refractivity (Wildman–Crippen MR) is 76.9 cm³/mol. The molecule has 0 saturated carbocycles. The summed E-state index contributed by atoms with van der Waals surface area (Å²) in [7, 11) is 0. The highest BCUT2D eigenvalue weighted by Gasteiger charge is 2.15. The van der Waals surface area contributed by atoms with Crippen molar-refractivity contribution >= 4 is 11.8 Å². The maximum absolute atomic E-state index is 11.8. The molecule has 1 N–H and O–H groups in total. The molecule has 1 aromatic heterocycles. The van der Waals surface area contributed by atoms with Crippen molar-refractivity contribution < 1.29 is 14.0 Å². The zero-order chi connectivity index (χ0) is 15.0. The number of rotatable bonds is 8. The average Bonchev–Trinajstić information content (AvgIpc) is 2.91. The van der Waals surface area contributed by atoms with Gasteiger partial charge in [0.15, 0.2) is 0 Å². The second kappa shape index (κ2) is 8.40. The Morgan fingerprint density at radius 2 is 2.05 bits per heavy atom. The van der Waals surface area contributed by atoms with Gasteiger partial charge in [0.05, 0.1) is 12.8 Å². The second-order valence-corrected chi connectivity index (χ2v) is 4.82. The van der Waals surface area contributed by atoms with Crippen molar-refractivity contribution in [3.05, 3.63) is 24.2 Å². The van der Waals surface area contributed by atoms with Crippen LogP contribution in [0.3, 0.4) is 0 Å². The molecule has 5 heteroatoms. The molecule has 0 aliphatic heterocycles. The van der Waals surface area contributed by atoms with Crippen LogP contribution in [-0.2, 0) is 16.1 Å². The third-order valence-corrected chi connectivity index (χ3v) is 3.41. The van der Waals surface area contributed by atoms with Crippen molar-refractivity contribution in [1.29, 1.82) is 0 Å². The van der Waals surface area contributed by atoms with E-state index in [1.165, 1.54) is 6.92 Å². The number of amides is 2. The minimum Gasteiger partial charge on any atom is -0.467 e. The predicted octanol–water partition coefficient (Wildman–Crippen LogP) is 2.18. The molecule has 0 aliphatic rings. The Morgan fingerprint density at radius 3 is 2.55 bits per heavy atom. The summed E-state index contributed by atoms with van der Waals surface area (Å²) in [5, 5.41) is 2.89. The largest absolute Gasteiger partial charge is 0.467 e. The minimum absolute atomic E-state index is 0.0295. The summed E-state index contributed by atoms with van der Waals surface area (Å²) in [6, 6.07) is 3.63. The average molecular weight is 280 g/mol. The van der Waals surface area contributed by atoms with Crippen molar-refractivity contribution in [2.45, 2.75) is 40.2 Å². The van der Waals surface area contributed by atoms with Crippen molar-refractivity contribution in [1.82, 2.24) is 10.2 Å². The number of furan rings is 1. The molecule has 0 atom stereocenters. The first-order valence-corrected chi connectivity index (χ1v) is 7.14. The Labute approximate surface area is 120 Å². The van der Waals surface area contributed by atoms with Gasteiger partial charge in [-0.2, -0.15) is 0 Å². The number of carbonyl (C=O) groups is 2. The zero-order valence-corrected chi connectivity index (χ0v) is 12.5. The van der Waals surface area contributed by atoms with Crippen LogP contribution >= 0.6 is 0 Å². The van der Waals surface area contributed by atoms with Crippen LogP contribution in [0, 0.1) is 5.92 Å². The summed E-state index contributed by atoms with van der Waals surface area (Å²) in [6.07, 6.45) is 3.26. The van der Waals surface area contributed by atoms with Gasteiger partial charge in [-0.25, -0.2) is 0 Å². The Morgan fingerprint density at radius 1 is 1.35 bits per heavy atom. The molecule has 0 aromatic carbocycles. The van der Waals surface area contributed by atoms with Gasteiger partial charge in [0.25, 0.3) is 0 Å². The van der Waals surface area contributed by atoms with E-state index in [-0.39, 0.29) is 17.7 Å². The molecule has 1 aromatic rings. The van der Waals surface area contributed by atoms with Crippen LogP contribution in [0.1, 0.15) is 39.4 Å². The van der Waals surface area contributed by atoms with E-state index >= 15 is 0 Å². The fraction of sp³-hybridized carbons (Fsp3) is 0.600. The van der Waals surface area contributed by atoms with Crippen molar-refractivity contribution in [2.24, 2.45) is 5.92 Å². The Bertz CT molecular complexity index is 411. The molecule has 1 rings (SSSR count). The lowest BCUT2D eigenvalue weighted by Crippen LogP contribution is -2.39. The molecule has 0 unspecified atom stereocenters. The summed E-state index contributed by atoms with van der Waals surface area (Å²) in [4.78, 5) is 25.1. The Kier molecular flexibility index (Phi) is 6.84. The van der Waals surface area contributed by atoms with E-state index in [1.807, 2.05) is 19.9 Å². The van der Waals surface area contributed by atoms with Gasteiger partial charge in [0.1, 0.15) is 5.76 Å². The maximum Gasteiger partial charge on any atom is 0.223 e. The molecule has 0 saturated heterocycles. The quantitative estimate of drug-likeness (QED) is 0.794. The lowest BCUT2D eigenvalue weighted by Gasteiger charge is -2.21. The number of nitrogens with one attached hydrogen (secondary N) is 1. The van der Waals surface area contributed by atoms with E-state index in [1.54, 1.807) is 17.2 Å². The van der Waals surface area contributed by atoms with E-state index in [9.17, 15) is 9.59 Å². The standard InChI is InChI=1S/C15H24N2O3/c1-4-13(5-2)15(19)16-8-9-17(12(3)18)11-14-7-6-10-20-14/h6-7,10,13H,4-5,8-9,11H2,1-3H3,(H,16,19). The summed E-state index contributed by atoms with van der Waals surface area (Å²) in [6.45, 7) is 6.92. The SMILES string of the molecule is CCC(CC)C(=O)NCCN(Cc1ccco1)C(C)=O. The number of hydrogen-bond acceptors (Lipinski definition) is 3. The molecule has 20 heavy (non-hydrogen) atoms. The third-order valence-electron chi connectivity index (χ3n) is 3.41. The fourth-order valence-corrected chi connectivity index (χ4v) is 2.06. The first-order valence-electron chi connectivity index (χ1n) is 7.14. The highest BCUT2D eigenvalue weighted by atomic mass is 16.3. The van der Waals surface area contributed by atoms with E-state index in [2.05, 4.69) is 5.32 Å². The van der Waals surface area contributed by atoms with Crippen LogP contribution < -0.4 is 5.32 Å². The molecule has 5 nitrogen and oxygen atoms in total. The number of hydrogen-bond donors (Lipinski definition) is 1. The zero-order valence-electron chi connectivity index (χ0n) is 12.5. The fourth-order valence-electron chi connectivity index (χ4n) is 2.06. The maximum atomic E-state index is 11.8. The van der Waals surface area contributed by atoms with Gasteiger partial charge >= 0.3 is 0 Å². The van der Waals surface area contributed by atoms with Gasteiger partial charge in [-0.05, 0) is 25.0 Å². The molecular weight excluding hydrogens is 256 g/mol. The van der Waals surface area contributed by atoms with Gasteiger partial charge in [-0.3, -0.25) is 9.59 Å². The van der Waals surface area contributed by atoms with Gasteiger partial charge in [0, 0.05) is 25.9 Å². The highest BCUT2D eigenvalue weighted by molar-refractivity contribution is 5.78. The third kappa shape index (κ3) is 5.07. The van der Waals surface area contributed by atoms with Crippen LogP contribution in [0.2, 0.25) is 0 Å². The normalized spacial score (nSPS) is 10.6. The van der Waals surface area contributed by atoms with Crippen LogP contribution in [0.5, 0.6) is 0 Å². The molecule has 0 aliphatic carbocycles. The number of carbonyl (C=O) groups excluding carboxylic acids is 2. The number of nitrogens with zero attached hydrogens (tertiary/aromatic N) is 1. The van der Waals surface area contributed by atoms with Gasteiger partial charge in [-0.15, -0.1) is 0 Å². The minimum atomic E-state index is -0.0295. The van der Waals surface area contributed by atoms with E-state index in [0.717, 1.165) is 18.6 Å². The van der Waals surface area contributed by atoms with Crippen molar-refractivity contribution in [2.75, 3.05) is 13.1 Å².